The summed E-state index contributed by atoms with van der Waals surface area (Å²) < 4.78 is 41.2. The van der Waals surface area contributed by atoms with Crippen LogP contribution in [0.25, 0.3) is 16.8 Å². The van der Waals surface area contributed by atoms with Gasteiger partial charge in [0.05, 0.1) is 5.56 Å². The van der Waals surface area contributed by atoms with Crippen LogP contribution < -0.4 is 16.4 Å². The summed E-state index contributed by atoms with van der Waals surface area (Å²) in [6, 6.07) is 14.9. The van der Waals surface area contributed by atoms with Crippen molar-refractivity contribution in [3.63, 3.8) is 0 Å². The lowest BCUT2D eigenvalue weighted by molar-refractivity contribution is -0.137. The quantitative estimate of drug-likeness (QED) is 0.334. The maximum atomic E-state index is 13.4. The Morgan fingerprint density at radius 3 is 2.44 bits per heavy atom. The third kappa shape index (κ3) is 5.17. The Balaban J connectivity index is 1.73. The van der Waals surface area contributed by atoms with Crippen LogP contribution in [0.1, 0.15) is 33.6 Å². The zero-order valence-electron chi connectivity index (χ0n) is 19.3. The van der Waals surface area contributed by atoms with Crippen LogP contribution in [0.5, 0.6) is 0 Å². The van der Waals surface area contributed by atoms with Crippen LogP contribution in [-0.2, 0) is 12.6 Å². The number of pyridine rings is 1. The Morgan fingerprint density at radius 1 is 1.03 bits per heavy atom. The number of nitrogens with one attached hydrogen (secondary N) is 3. The molecule has 0 aliphatic heterocycles. The maximum Gasteiger partial charge on any atom is 0.416 e. The van der Waals surface area contributed by atoms with Gasteiger partial charge in [0.15, 0.2) is 0 Å². The fraction of sp³-hybridized carbons (Fsp3) is 0.192. The lowest BCUT2D eigenvalue weighted by atomic mass is 10.0. The van der Waals surface area contributed by atoms with Crippen molar-refractivity contribution in [2.24, 2.45) is 0 Å². The average Bonchev–Trinajstić information content (AvgIpc) is 3.26. The summed E-state index contributed by atoms with van der Waals surface area (Å²) in [5.41, 5.74) is 0.117. The molecule has 1 amide bonds. The smallest absolute Gasteiger partial charge is 0.352 e. The Kier molecular flexibility index (Phi) is 6.96. The van der Waals surface area contributed by atoms with E-state index in [1.807, 2.05) is 6.07 Å². The molecule has 2 heterocycles. The number of H-pyrrole nitrogens is 2. The first-order valence-electron chi connectivity index (χ1n) is 11.2. The highest BCUT2D eigenvalue weighted by molar-refractivity contribution is 5.95. The van der Waals surface area contributed by atoms with Crippen molar-refractivity contribution >= 4 is 5.91 Å². The second-order valence-electron chi connectivity index (χ2n) is 8.24. The molecule has 0 fully saturated rings. The molecule has 0 aliphatic rings. The molecule has 3 N–H and O–H groups in total. The van der Waals surface area contributed by atoms with Gasteiger partial charge in [0.1, 0.15) is 5.56 Å². The number of carbonyl (C=O) groups is 1. The maximum absolute atomic E-state index is 13.4. The number of benzene rings is 2. The Morgan fingerprint density at radius 2 is 1.78 bits per heavy atom. The van der Waals surface area contributed by atoms with Crippen LogP contribution in [0.4, 0.5) is 13.2 Å². The SMILES string of the molecule is Cc1c(-c2ccccc2)cc(C(=O)NCCCc2c[nH][nH]c2=O)c(=O)n1-c1cccc(C(F)(F)F)c1. The summed E-state index contributed by atoms with van der Waals surface area (Å²) in [4.78, 5) is 38.0. The highest BCUT2D eigenvalue weighted by Gasteiger charge is 2.31. The molecule has 0 bridgehead atoms. The normalized spacial score (nSPS) is 11.4. The summed E-state index contributed by atoms with van der Waals surface area (Å²) in [5, 5.41) is 7.71. The minimum absolute atomic E-state index is 0.00541. The third-order valence-electron chi connectivity index (χ3n) is 5.84. The van der Waals surface area contributed by atoms with E-state index in [0.29, 0.717) is 35.2 Å². The average molecular weight is 496 g/mol. The number of aromatic amines is 2. The van der Waals surface area contributed by atoms with E-state index in [9.17, 15) is 27.6 Å². The lowest BCUT2D eigenvalue weighted by Crippen LogP contribution is -2.34. The van der Waals surface area contributed by atoms with E-state index in [1.54, 1.807) is 37.4 Å². The minimum atomic E-state index is -4.59. The summed E-state index contributed by atoms with van der Waals surface area (Å²) in [5.74, 6) is -0.652. The zero-order valence-corrected chi connectivity index (χ0v) is 19.3. The molecule has 7 nitrogen and oxygen atoms in total. The van der Waals surface area contributed by atoms with Crippen molar-refractivity contribution in [1.82, 2.24) is 20.1 Å². The number of hydrogen-bond donors (Lipinski definition) is 3. The second kappa shape index (κ2) is 10.1. The number of aromatic nitrogens is 3. The highest BCUT2D eigenvalue weighted by atomic mass is 19.4. The van der Waals surface area contributed by atoms with E-state index in [4.69, 9.17) is 0 Å². The standard InChI is InChI=1S/C26H23F3N4O3/c1-16-21(17-7-3-2-4-8-17)14-22(24(35)30-12-6-9-18-15-31-32-23(18)34)25(36)33(16)20-11-5-10-19(13-20)26(27,28)29/h2-5,7-8,10-11,13-15H,6,9,12H2,1H3,(H,30,35)(H2,31,32,34). The van der Waals surface area contributed by atoms with Gasteiger partial charge < -0.3 is 10.4 Å². The third-order valence-corrected chi connectivity index (χ3v) is 5.84. The van der Waals surface area contributed by atoms with Gasteiger partial charge in [-0.3, -0.25) is 24.0 Å². The fourth-order valence-electron chi connectivity index (χ4n) is 4.00. The van der Waals surface area contributed by atoms with Gasteiger partial charge >= 0.3 is 6.18 Å². The Labute approximate surface area is 203 Å². The first-order chi connectivity index (χ1) is 17.2. The van der Waals surface area contributed by atoms with Crippen molar-refractivity contribution in [1.29, 1.82) is 0 Å². The van der Waals surface area contributed by atoms with Crippen LogP contribution >= 0.6 is 0 Å². The number of nitrogens with zero attached hydrogens (tertiary/aromatic N) is 1. The highest BCUT2D eigenvalue weighted by Crippen LogP contribution is 2.31. The van der Waals surface area contributed by atoms with E-state index < -0.39 is 23.2 Å². The number of alkyl halides is 3. The largest absolute Gasteiger partial charge is 0.416 e. The van der Waals surface area contributed by atoms with Crippen molar-refractivity contribution in [2.75, 3.05) is 6.54 Å². The van der Waals surface area contributed by atoms with E-state index in [-0.39, 0.29) is 23.4 Å². The molecular weight excluding hydrogens is 473 g/mol. The molecule has 36 heavy (non-hydrogen) atoms. The van der Waals surface area contributed by atoms with Crippen molar-refractivity contribution in [2.45, 2.75) is 25.9 Å². The second-order valence-corrected chi connectivity index (χ2v) is 8.24. The number of carbonyl (C=O) groups excluding carboxylic acids is 1. The van der Waals surface area contributed by atoms with Crippen LogP contribution in [0.2, 0.25) is 0 Å². The Bertz CT molecular complexity index is 1500. The molecule has 0 unspecified atom stereocenters. The first kappa shape index (κ1) is 24.8. The van der Waals surface area contributed by atoms with Gasteiger partial charge in [0.2, 0.25) is 0 Å². The summed E-state index contributed by atoms with van der Waals surface area (Å²) >= 11 is 0. The van der Waals surface area contributed by atoms with E-state index in [2.05, 4.69) is 15.5 Å². The van der Waals surface area contributed by atoms with Gasteiger partial charge in [-0.15, -0.1) is 0 Å². The number of halogens is 3. The van der Waals surface area contributed by atoms with Crippen LogP contribution in [-0.4, -0.2) is 27.2 Å². The Hall–Kier alpha value is -4.34. The molecule has 2 aromatic heterocycles. The molecule has 2 aromatic carbocycles. The molecule has 4 aromatic rings. The molecule has 0 spiro atoms. The lowest BCUT2D eigenvalue weighted by Gasteiger charge is -2.18. The van der Waals surface area contributed by atoms with Gasteiger partial charge in [0.25, 0.3) is 17.0 Å². The predicted octanol–water partition coefficient (Wildman–Crippen LogP) is 4.21. The molecular formula is C26H23F3N4O3. The topological polar surface area (TPSA) is 99.8 Å². The predicted molar refractivity (Wildman–Crippen MR) is 129 cm³/mol. The van der Waals surface area contributed by atoms with Gasteiger partial charge in [-0.1, -0.05) is 36.4 Å². The van der Waals surface area contributed by atoms with Gasteiger partial charge in [-0.25, -0.2) is 0 Å². The molecule has 4 rings (SSSR count). The van der Waals surface area contributed by atoms with Gasteiger partial charge in [-0.05, 0) is 49.6 Å². The molecule has 186 valence electrons. The molecule has 0 aliphatic carbocycles. The molecule has 0 atom stereocenters. The summed E-state index contributed by atoms with van der Waals surface area (Å²) in [6.45, 7) is 1.82. The molecule has 10 heteroatoms. The van der Waals surface area contributed by atoms with E-state index in [0.717, 1.165) is 16.7 Å². The van der Waals surface area contributed by atoms with Crippen LogP contribution in [0.15, 0.2) is 76.4 Å². The molecule has 0 saturated carbocycles. The first-order valence-corrected chi connectivity index (χ1v) is 11.2. The number of hydrogen-bond acceptors (Lipinski definition) is 3. The van der Waals surface area contributed by atoms with Crippen molar-refractivity contribution in [3.8, 4) is 16.8 Å². The number of rotatable bonds is 7. The van der Waals surface area contributed by atoms with Crippen molar-refractivity contribution in [3.05, 3.63) is 110 Å². The monoisotopic (exact) mass is 496 g/mol. The number of aryl methyl sites for hydroxylation is 1. The van der Waals surface area contributed by atoms with E-state index in [1.165, 1.54) is 18.2 Å². The summed E-state index contributed by atoms with van der Waals surface area (Å²) in [7, 11) is 0. The number of amides is 1. The van der Waals surface area contributed by atoms with E-state index >= 15 is 0 Å². The summed E-state index contributed by atoms with van der Waals surface area (Å²) in [6.07, 6.45) is -2.18. The van der Waals surface area contributed by atoms with Gasteiger partial charge in [-0.2, -0.15) is 13.2 Å². The fourth-order valence-corrected chi connectivity index (χ4v) is 4.00. The van der Waals surface area contributed by atoms with Crippen molar-refractivity contribution < 1.29 is 18.0 Å². The van der Waals surface area contributed by atoms with Crippen LogP contribution in [0.3, 0.4) is 0 Å². The molecule has 0 saturated heterocycles. The molecule has 0 radical (unpaired) electrons. The minimum Gasteiger partial charge on any atom is -0.352 e. The zero-order chi connectivity index (χ0) is 25.9. The van der Waals surface area contributed by atoms with Crippen LogP contribution in [0, 0.1) is 6.92 Å². The van der Waals surface area contributed by atoms with Gasteiger partial charge in [0, 0.05) is 35.2 Å².